The Morgan fingerprint density at radius 3 is 2.88 bits per heavy atom. The normalized spacial score (nSPS) is 17.9. The van der Waals surface area contributed by atoms with Crippen LogP contribution >= 0.6 is 24.0 Å². The van der Waals surface area contributed by atoms with Crippen molar-refractivity contribution in [2.75, 3.05) is 0 Å². The Balaban J connectivity index is 2.39. The smallest absolute Gasteiger partial charge is 0.263 e. The van der Waals surface area contributed by atoms with Gasteiger partial charge in [0.15, 0.2) is 0 Å². The van der Waals surface area contributed by atoms with Crippen LogP contribution in [0, 0.1) is 5.82 Å². The van der Waals surface area contributed by atoms with Crippen molar-refractivity contribution in [2.45, 2.75) is 0 Å². The molecule has 2 N–H and O–H groups in total. The molecular weight excluding hydrogens is 249 g/mol. The van der Waals surface area contributed by atoms with Gasteiger partial charge in [-0.05, 0) is 24.3 Å². The minimum atomic E-state index is -0.476. The quantitative estimate of drug-likeness (QED) is 0.595. The summed E-state index contributed by atoms with van der Waals surface area (Å²) in [4.78, 5) is 11.7. The molecule has 1 aliphatic heterocycles. The molecule has 0 saturated carbocycles. The molecule has 2 rings (SSSR count). The Kier molecular flexibility index (Phi) is 2.93. The molecule has 0 atom stereocenters. The summed E-state index contributed by atoms with van der Waals surface area (Å²) in [5.74, 6) is -0.894. The third-order valence-corrected chi connectivity index (χ3v) is 3.08. The highest BCUT2D eigenvalue weighted by Gasteiger charge is 2.22. The lowest BCUT2D eigenvalue weighted by Crippen LogP contribution is -2.17. The zero-order valence-electron chi connectivity index (χ0n) is 7.86. The van der Waals surface area contributed by atoms with Gasteiger partial charge in [-0.15, -0.1) is 0 Å². The van der Waals surface area contributed by atoms with Crippen LogP contribution in [0.25, 0.3) is 6.08 Å². The van der Waals surface area contributed by atoms with Crippen molar-refractivity contribution >= 4 is 40.3 Å². The number of benzene rings is 1. The SMILES string of the molecule is O=C1NC(=S)S/C1=C\c1cc(F)ccc1O. The first-order valence-corrected chi connectivity index (χ1v) is 5.52. The molecule has 0 aliphatic carbocycles. The highest BCUT2D eigenvalue weighted by Crippen LogP contribution is 2.28. The molecule has 0 spiro atoms. The molecule has 1 aromatic carbocycles. The maximum atomic E-state index is 12.9. The van der Waals surface area contributed by atoms with Crippen LogP contribution < -0.4 is 5.32 Å². The third kappa shape index (κ3) is 2.23. The zero-order chi connectivity index (χ0) is 11.7. The van der Waals surface area contributed by atoms with E-state index >= 15 is 0 Å². The second kappa shape index (κ2) is 4.23. The number of aromatic hydroxyl groups is 1. The van der Waals surface area contributed by atoms with Gasteiger partial charge in [0.05, 0.1) is 4.91 Å². The Morgan fingerprint density at radius 2 is 2.25 bits per heavy atom. The van der Waals surface area contributed by atoms with E-state index in [0.717, 1.165) is 23.9 Å². The molecule has 1 aliphatic rings. The van der Waals surface area contributed by atoms with Crippen LogP contribution in [0.15, 0.2) is 23.1 Å². The monoisotopic (exact) mass is 255 g/mol. The summed E-state index contributed by atoms with van der Waals surface area (Å²) in [5.41, 5.74) is 0.252. The van der Waals surface area contributed by atoms with Crippen molar-refractivity contribution in [3.8, 4) is 5.75 Å². The summed E-state index contributed by atoms with van der Waals surface area (Å²) in [6.45, 7) is 0. The Bertz CT molecular complexity index is 514. The molecule has 1 saturated heterocycles. The number of hydrogen-bond donors (Lipinski definition) is 2. The van der Waals surface area contributed by atoms with E-state index < -0.39 is 5.82 Å². The number of thioether (sulfide) groups is 1. The van der Waals surface area contributed by atoms with Gasteiger partial charge in [0.2, 0.25) is 0 Å². The zero-order valence-corrected chi connectivity index (χ0v) is 9.49. The van der Waals surface area contributed by atoms with Crippen LogP contribution in [0.3, 0.4) is 0 Å². The first-order chi connectivity index (χ1) is 7.56. The van der Waals surface area contributed by atoms with Gasteiger partial charge >= 0.3 is 0 Å². The fraction of sp³-hybridized carbons (Fsp3) is 0. The van der Waals surface area contributed by atoms with Crippen LogP contribution in [0.4, 0.5) is 4.39 Å². The summed E-state index contributed by atoms with van der Waals surface area (Å²) in [6.07, 6.45) is 1.40. The molecule has 82 valence electrons. The number of thiocarbonyl (C=S) groups is 1. The molecule has 0 radical (unpaired) electrons. The van der Waals surface area contributed by atoms with Crippen LogP contribution in [0.1, 0.15) is 5.56 Å². The van der Waals surface area contributed by atoms with Crippen molar-refractivity contribution in [1.82, 2.24) is 5.32 Å². The molecule has 1 aromatic rings. The largest absolute Gasteiger partial charge is 0.507 e. The highest BCUT2D eigenvalue weighted by molar-refractivity contribution is 8.26. The van der Waals surface area contributed by atoms with Crippen LogP contribution in [0.2, 0.25) is 0 Å². The first-order valence-electron chi connectivity index (χ1n) is 4.29. The van der Waals surface area contributed by atoms with E-state index in [9.17, 15) is 14.3 Å². The van der Waals surface area contributed by atoms with Gasteiger partial charge in [-0.1, -0.05) is 24.0 Å². The van der Waals surface area contributed by atoms with Crippen molar-refractivity contribution < 1.29 is 14.3 Å². The number of phenolic OH excluding ortho intramolecular Hbond substituents is 1. The van der Waals surface area contributed by atoms with Crippen molar-refractivity contribution in [3.63, 3.8) is 0 Å². The number of hydrogen-bond acceptors (Lipinski definition) is 4. The Morgan fingerprint density at radius 1 is 1.50 bits per heavy atom. The van der Waals surface area contributed by atoms with Crippen molar-refractivity contribution in [1.29, 1.82) is 0 Å². The van der Waals surface area contributed by atoms with Gasteiger partial charge in [0, 0.05) is 5.56 Å². The molecule has 6 heteroatoms. The number of amides is 1. The lowest BCUT2D eigenvalue weighted by Gasteiger charge is -1.99. The second-order valence-corrected chi connectivity index (χ2v) is 4.77. The molecule has 1 amide bonds. The maximum absolute atomic E-state index is 12.9. The summed E-state index contributed by atoms with van der Waals surface area (Å²) in [6, 6.07) is 3.53. The summed E-state index contributed by atoms with van der Waals surface area (Å²) in [5, 5.41) is 11.9. The second-order valence-electron chi connectivity index (χ2n) is 3.06. The van der Waals surface area contributed by atoms with E-state index in [4.69, 9.17) is 12.2 Å². The molecule has 0 bridgehead atoms. The topological polar surface area (TPSA) is 49.3 Å². The average molecular weight is 255 g/mol. The van der Waals surface area contributed by atoms with Crippen molar-refractivity contribution in [3.05, 3.63) is 34.5 Å². The highest BCUT2D eigenvalue weighted by atomic mass is 32.2. The predicted octanol–water partition coefficient (Wildman–Crippen LogP) is 2.02. The number of halogens is 1. The summed E-state index contributed by atoms with van der Waals surface area (Å²) < 4.78 is 13.3. The van der Waals surface area contributed by atoms with Crippen LogP contribution in [-0.4, -0.2) is 15.3 Å². The molecule has 1 fully saturated rings. The molecule has 0 unspecified atom stereocenters. The lowest BCUT2D eigenvalue weighted by atomic mass is 10.2. The number of carbonyl (C=O) groups excluding carboxylic acids is 1. The van der Waals surface area contributed by atoms with E-state index in [1.165, 1.54) is 12.1 Å². The molecule has 3 nitrogen and oxygen atoms in total. The maximum Gasteiger partial charge on any atom is 0.263 e. The van der Waals surface area contributed by atoms with Gasteiger partial charge in [0.25, 0.3) is 5.91 Å². The number of rotatable bonds is 1. The fourth-order valence-electron chi connectivity index (χ4n) is 1.20. The van der Waals surface area contributed by atoms with Gasteiger partial charge in [-0.3, -0.25) is 4.79 Å². The first kappa shape index (κ1) is 11.1. The van der Waals surface area contributed by atoms with E-state index in [1.807, 2.05) is 0 Å². The van der Waals surface area contributed by atoms with E-state index in [2.05, 4.69) is 5.32 Å². The minimum absolute atomic E-state index is 0.0832. The van der Waals surface area contributed by atoms with Gasteiger partial charge < -0.3 is 10.4 Å². The lowest BCUT2D eigenvalue weighted by molar-refractivity contribution is -0.115. The van der Waals surface area contributed by atoms with Gasteiger partial charge in [-0.25, -0.2) is 4.39 Å². The van der Waals surface area contributed by atoms with Crippen molar-refractivity contribution in [2.24, 2.45) is 0 Å². The van der Waals surface area contributed by atoms with Gasteiger partial charge in [-0.2, -0.15) is 0 Å². The molecule has 0 aromatic heterocycles. The minimum Gasteiger partial charge on any atom is -0.507 e. The van der Waals surface area contributed by atoms with Crippen LogP contribution in [0.5, 0.6) is 5.75 Å². The number of phenols is 1. The predicted molar refractivity (Wildman–Crippen MR) is 64.4 cm³/mol. The summed E-state index contributed by atoms with van der Waals surface area (Å²) >= 11 is 5.88. The summed E-state index contributed by atoms with van der Waals surface area (Å²) in [7, 11) is 0. The molecule has 16 heavy (non-hydrogen) atoms. The molecule has 1 heterocycles. The van der Waals surface area contributed by atoms with E-state index in [0.29, 0.717) is 9.23 Å². The average Bonchev–Trinajstić information content (AvgIpc) is 2.51. The third-order valence-electron chi connectivity index (χ3n) is 1.92. The van der Waals surface area contributed by atoms with Gasteiger partial charge in [0.1, 0.15) is 15.9 Å². The van der Waals surface area contributed by atoms with E-state index in [-0.39, 0.29) is 17.2 Å². The molecular formula is C10H6FNO2S2. The fourth-order valence-corrected chi connectivity index (χ4v) is 2.24. The van der Waals surface area contributed by atoms with Crippen LogP contribution in [-0.2, 0) is 4.79 Å². The Hall–Kier alpha value is -1.40. The standard InChI is InChI=1S/C10H6FNO2S2/c11-6-1-2-7(13)5(3-6)4-8-9(14)12-10(15)16-8/h1-4,13H,(H,12,14,15)/b8-4-. The van der Waals surface area contributed by atoms with E-state index in [1.54, 1.807) is 0 Å². The number of nitrogens with one attached hydrogen (secondary N) is 1. The number of carbonyl (C=O) groups is 1. The Labute approximate surface area is 100 Å².